The fraction of sp³-hybridized carbons (Fsp3) is 0.842. The summed E-state index contributed by atoms with van der Waals surface area (Å²) in [5.74, 6) is 1.20. The molecule has 3 heteroatoms. The molecule has 22 heavy (non-hydrogen) atoms. The van der Waals surface area contributed by atoms with Gasteiger partial charge in [-0.05, 0) is 69.1 Å². The summed E-state index contributed by atoms with van der Waals surface area (Å²) >= 11 is 0. The summed E-state index contributed by atoms with van der Waals surface area (Å²) in [4.78, 5) is 12.3. The van der Waals surface area contributed by atoms with Crippen molar-refractivity contribution in [1.82, 2.24) is 0 Å². The maximum absolute atomic E-state index is 14.2. The first-order valence-corrected chi connectivity index (χ1v) is 9.01. The van der Waals surface area contributed by atoms with Gasteiger partial charge in [0.15, 0.2) is 0 Å². The van der Waals surface area contributed by atoms with Gasteiger partial charge in [0.2, 0.25) is 6.43 Å². The Bertz CT molecular complexity index is 526. The highest BCUT2D eigenvalue weighted by atomic mass is 19.3. The van der Waals surface area contributed by atoms with E-state index in [-0.39, 0.29) is 11.3 Å². The fourth-order valence-corrected chi connectivity index (χ4v) is 6.61. The smallest absolute Gasteiger partial charge is 0.248 e. The van der Waals surface area contributed by atoms with Gasteiger partial charge in [-0.25, -0.2) is 8.78 Å². The topological polar surface area (TPSA) is 17.1 Å². The van der Waals surface area contributed by atoms with Crippen LogP contribution in [0.4, 0.5) is 8.78 Å². The van der Waals surface area contributed by atoms with Crippen molar-refractivity contribution in [2.24, 2.45) is 28.6 Å². The van der Waals surface area contributed by atoms with E-state index in [1.807, 2.05) is 0 Å². The van der Waals surface area contributed by atoms with Crippen molar-refractivity contribution in [3.8, 4) is 0 Å². The molecule has 0 radical (unpaired) electrons. The molecule has 4 aliphatic carbocycles. The molecule has 0 N–H and O–H groups in total. The van der Waals surface area contributed by atoms with E-state index >= 15 is 0 Å². The molecule has 4 rings (SSSR count). The highest BCUT2D eigenvalue weighted by molar-refractivity contribution is 5.87. The summed E-state index contributed by atoms with van der Waals surface area (Å²) in [6, 6.07) is 0. The van der Waals surface area contributed by atoms with E-state index in [1.54, 1.807) is 0 Å². The third-order valence-corrected chi connectivity index (χ3v) is 7.73. The fourth-order valence-electron chi connectivity index (χ4n) is 6.61. The molecule has 3 fully saturated rings. The molecular formula is C19H26F2O. The Morgan fingerprint density at radius 1 is 1.14 bits per heavy atom. The first kappa shape index (κ1) is 14.8. The molecule has 0 heterocycles. The molecule has 0 amide bonds. The zero-order valence-electron chi connectivity index (χ0n) is 13.4. The highest BCUT2D eigenvalue weighted by Crippen LogP contribution is 2.66. The lowest BCUT2D eigenvalue weighted by Crippen LogP contribution is -2.53. The molecule has 0 aromatic heterocycles. The summed E-state index contributed by atoms with van der Waals surface area (Å²) in [6.07, 6.45) is 7.56. The number of rotatable bonds is 1. The first-order valence-electron chi connectivity index (χ1n) is 9.01. The standard InChI is InChI=1S/C19H26F2O/c1-18-11-9-15-13(14(18)7-8-16(18)22)6-5-12-4-2-3-10-19(12,15)17(20)21/h4,13-15,17H,2-3,5-11H2,1H3. The molecule has 122 valence electrons. The van der Waals surface area contributed by atoms with E-state index in [0.29, 0.717) is 30.5 Å². The van der Waals surface area contributed by atoms with E-state index in [9.17, 15) is 13.6 Å². The lowest BCUT2D eigenvalue weighted by molar-refractivity contribution is -0.139. The Hall–Kier alpha value is -0.730. The van der Waals surface area contributed by atoms with Crippen LogP contribution >= 0.6 is 0 Å². The number of fused-ring (bicyclic) bond motifs is 5. The van der Waals surface area contributed by atoms with Gasteiger partial charge in [-0.2, -0.15) is 0 Å². The van der Waals surface area contributed by atoms with Gasteiger partial charge < -0.3 is 0 Å². The maximum atomic E-state index is 14.2. The number of hydrogen-bond acceptors (Lipinski definition) is 1. The van der Waals surface area contributed by atoms with Crippen LogP contribution in [-0.2, 0) is 4.79 Å². The third kappa shape index (κ3) is 1.71. The number of hydrogen-bond donors (Lipinski definition) is 0. The van der Waals surface area contributed by atoms with Crippen LogP contribution in [0.25, 0.3) is 0 Å². The molecular weight excluding hydrogens is 282 g/mol. The van der Waals surface area contributed by atoms with Gasteiger partial charge in [-0.3, -0.25) is 4.79 Å². The Balaban J connectivity index is 1.74. The van der Waals surface area contributed by atoms with Crippen LogP contribution in [0.1, 0.15) is 64.7 Å². The van der Waals surface area contributed by atoms with Gasteiger partial charge in [0.05, 0.1) is 5.41 Å². The monoisotopic (exact) mass is 308 g/mol. The molecule has 0 bridgehead atoms. The summed E-state index contributed by atoms with van der Waals surface area (Å²) in [7, 11) is 0. The second kappa shape index (κ2) is 4.88. The molecule has 0 aromatic carbocycles. The van der Waals surface area contributed by atoms with Crippen molar-refractivity contribution >= 4 is 5.78 Å². The number of Topliss-reactive ketones (excluding diaryl/α,β-unsaturated/α-hetero) is 1. The van der Waals surface area contributed by atoms with Crippen LogP contribution in [0.2, 0.25) is 0 Å². The van der Waals surface area contributed by atoms with Gasteiger partial charge >= 0.3 is 0 Å². The van der Waals surface area contributed by atoms with Gasteiger partial charge in [-0.15, -0.1) is 0 Å². The van der Waals surface area contributed by atoms with Gasteiger partial charge in [-0.1, -0.05) is 18.6 Å². The van der Waals surface area contributed by atoms with Gasteiger partial charge in [0.1, 0.15) is 5.78 Å². The van der Waals surface area contributed by atoms with Crippen molar-refractivity contribution < 1.29 is 13.6 Å². The van der Waals surface area contributed by atoms with E-state index in [0.717, 1.165) is 50.5 Å². The minimum absolute atomic E-state index is 0.108. The minimum atomic E-state index is -2.24. The molecule has 0 aliphatic heterocycles. The molecule has 5 unspecified atom stereocenters. The average Bonchev–Trinajstić information content (AvgIpc) is 2.82. The molecule has 0 aromatic rings. The van der Waals surface area contributed by atoms with Crippen LogP contribution in [0, 0.1) is 28.6 Å². The first-order chi connectivity index (χ1) is 10.5. The van der Waals surface area contributed by atoms with E-state index in [2.05, 4.69) is 13.0 Å². The zero-order chi connectivity index (χ0) is 15.5. The minimum Gasteiger partial charge on any atom is -0.299 e. The van der Waals surface area contributed by atoms with Crippen molar-refractivity contribution in [2.75, 3.05) is 0 Å². The predicted octanol–water partition coefficient (Wildman–Crippen LogP) is 5.15. The Morgan fingerprint density at radius 3 is 2.73 bits per heavy atom. The van der Waals surface area contributed by atoms with Crippen LogP contribution in [0.3, 0.4) is 0 Å². The normalized spacial score (nSPS) is 47.7. The number of allylic oxidation sites excluding steroid dienone is 2. The zero-order valence-corrected chi connectivity index (χ0v) is 13.4. The van der Waals surface area contributed by atoms with Crippen LogP contribution in [0.5, 0.6) is 0 Å². The van der Waals surface area contributed by atoms with Crippen molar-refractivity contribution in [1.29, 1.82) is 0 Å². The number of halogens is 2. The van der Waals surface area contributed by atoms with Crippen molar-refractivity contribution in [3.05, 3.63) is 11.6 Å². The molecule has 0 saturated heterocycles. The molecule has 4 aliphatic rings. The molecule has 5 atom stereocenters. The molecule has 0 spiro atoms. The summed E-state index contributed by atoms with van der Waals surface area (Å²) in [5, 5.41) is 0. The number of ketones is 1. The quantitative estimate of drug-likeness (QED) is 0.612. The third-order valence-electron chi connectivity index (χ3n) is 7.73. The Kier molecular flexibility index (Phi) is 3.29. The van der Waals surface area contributed by atoms with E-state index in [1.165, 1.54) is 0 Å². The predicted molar refractivity (Wildman–Crippen MR) is 81.7 cm³/mol. The lowest BCUT2D eigenvalue weighted by Gasteiger charge is -2.57. The highest BCUT2D eigenvalue weighted by Gasteiger charge is 2.62. The average molecular weight is 308 g/mol. The van der Waals surface area contributed by atoms with Gasteiger partial charge in [0.25, 0.3) is 0 Å². The largest absolute Gasteiger partial charge is 0.299 e. The number of alkyl halides is 2. The second-order valence-electron chi connectivity index (χ2n) is 8.30. The SMILES string of the molecule is CC12CCC3C(CCC4=CCCCC43C(F)F)C1CCC2=O. The summed E-state index contributed by atoms with van der Waals surface area (Å²) in [6.45, 7) is 2.12. The summed E-state index contributed by atoms with van der Waals surface area (Å²) < 4.78 is 28.5. The van der Waals surface area contributed by atoms with Crippen LogP contribution in [-0.4, -0.2) is 12.2 Å². The molecule has 1 nitrogen and oxygen atoms in total. The Labute approximate surface area is 131 Å². The second-order valence-corrected chi connectivity index (χ2v) is 8.30. The van der Waals surface area contributed by atoms with Crippen molar-refractivity contribution in [2.45, 2.75) is 71.1 Å². The van der Waals surface area contributed by atoms with E-state index < -0.39 is 11.8 Å². The van der Waals surface area contributed by atoms with Crippen molar-refractivity contribution in [3.63, 3.8) is 0 Å². The lowest BCUT2D eigenvalue weighted by atomic mass is 9.47. The number of carbonyl (C=O) groups excluding carboxylic acids is 1. The molecule has 3 saturated carbocycles. The van der Waals surface area contributed by atoms with E-state index in [4.69, 9.17) is 0 Å². The number of carbonyl (C=O) groups is 1. The summed E-state index contributed by atoms with van der Waals surface area (Å²) in [5.41, 5.74) is -0.00275. The van der Waals surface area contributed by atoms with Crippen LogP contribution in [0.15, 0.2) is 11.6 Å². The maximum Gasteiger partial charge on any atom is 0.248 e. The van der Waals surface area contributed by atoms with Crippen LogP contribution < -0.4 is 0 Å². The Morgan fingerprint density at radius 2 is 1.95 bits per heavy atom. The van der Waals surface area contributed by atoms with Gasteiger partial charge in [0, 0.05) is 11.8 Å².